The number of nitrogens with zero attached hydrogens (tertiary/aromatic N) is 3. The van der Waals surface area contributed by atoms with Crippen molar-refractivity contribution < 1.29 is 9.90 Å². The van der Waals surface area contributed by atoms with Crippen molar-refractivity contribution >= 4 is 5.91 Å². The Balaban J connectivity index is 2.63. The second kappa shape index (κ2) is 4.83. The van der Waals surface area contributed by atoms with Gasteiger partial charge >= 0.3 is 0 Å². The van der Waals surface area contributed by atoms with Gasteiger partial charge in [-0.25, -0.2) is 0 Å². The standard InChI is InChI=1S/C8H15N5O2/c1-3-8(2,4-5-14)9-7(15)6-10-12-13-11-6/h14H,3-5H2,1-2H3,(H,9,15)(H,10,11,12,13). The van der Waals surface area contributed by atoms with Crippen LogP contribution in [0.15, 0.2) is 0 Å². The van der Waals surface area contributed by atoms with Crippen molar-refractivity contribution in [1.29, 1.82) is 0 Å². The lowest BCUT2D eigenvalue weighted by Crippen LogP contribution is -2.46. The van der Waals surface area contributed by atoms with Gasteiger partial charge in [-0.05, 0) is 25.0 Å². The molecule has 7 heteroatoms. The van der Waals surface area contributed by atoms with Crippen molar-refractivity contribution in [3.63, 3.8) is 0 Å². The summed E-state index contributed by atoms with van der Waals surface area (Å²) in [6, 6.07) is 0. The highest BCUT2D eigenvalue weighted by molar-refractivity contribution is 5.90. The Bertz CT molecular complexity index is 313. The topological polar surface area (TPSA) is 104 Å². The average Bonchev–Trinajstić information content (AvgIpc) is 2.71. The number of carbonyl (C=O) groups is 1. The Labute approximate surface area is 87.3 Å². The summed E-state index contributed by atoms with van der Waals surface area (Å²) < 4.78 is 0. The zero-order chi connectivity index (χ0) is 11.3. The van der Waals surface area contributed by atoms with Crippen LogP contribution in [0.25, 0.3) is 0 Å². The molecule has 0 aromatic carbocycles. The molecule has 0 aliphatic rings. The molecule has 1 heterocycles. The Kier molecular flexibility index (Phi) is 3.73. The van der Waals surface area contributed by atoms with Crippen molar-refractivity contribution in [2.75, 3.05) is 6.61 Å². The molecule has 3 N–H and O–H groups in total. The Morgan fingerprint density at radius 3 is 2.87 bits per heavy atom. The number of hydrogen-bond donors (Lipinski definition) is 3. The summed E-state index contributed by atoms with van der Waals surface area (Å²) in [5.74, 6) is -0.380. The normalized spacial score (nSPS) is 14.6. The summed E-state index contributed by atoms with van der Waals surface area (Å²) in [4.78, 5) is 11.6. The lowest BCUT2D eigenvalue weighted by molar-refractivity contribution is 0.0875. The van der Waals surface area contributed by atoms with Crippen LogP contribution in [0, 0.1) is 0 Å². The van der Waals surface area contributed by atoms with E-state index in [0.29, 0.717) is 6.42 Å². The van der Waals surface area contributed by atoms with Crippen LogP contribution in [0.4, 0.5) is 0 Å². The monoisotopic (exact) mass is 213 g/mol. The van der Waals surface area contributed by atoms with Crippen LogP contribution in [0.1, 0.15) is 37.3 Å². The van der Waals surface area contributed by atoms with E-state index >= 15 is 0 Å². The van der Waals surface area contributed by atoms with E-state index in [2.05, 4.69) is 25.9 Å². The maximum absolute atomic E-state index is 11.6. The fraction of sp³-hybridized carbons (Fsp3) is 0.750. The molecular formula is C8H15N5O2. The third-order valence-corrected chi connectivity index (χ3v) is 2.41. The van der Waals surface area contributed by atoms with Crippen LogP contribution in [-0.4, -0.2) is 43.8 Å². The zero-order valence-electron chi connectivity index (χ0n) is 8.82. The second-order valence-corrected chi connectivity index (χ2v) is 3.58. The largest absolute Gasteiger partial charge is 0.396 e. The van der Waals surface area contributed by atoms with Crippen LogP contribution in [-0.2, 0) is 0 Å². The lowest BCUT2D eigenvalue weighted by atomic mass is 9.95. The fourth-order valence-electron chi connectivity index (χ4n) is 1.16. The number of carbonyl (C=O) groups excluding carboxylic acids is 1. The van der Waals surface area contributed by atoms with Crippen LogP contribution < -0.4 is 5.32 Å². The molecular weight excluding hydrogens is 198 g/mol. The van der Waals surface area contributed by atoms with Crippen molar-refractivity contribution in [2.45, 2.75) is 32.2 Å². The van der Waals surface area contributed by atoms with Gasteiger partial charge in [-0.3, -0.25) is 4.79 Å². The predicted molar refractivity (Wildman–Crippen MR) is 52.0 cm³/mol. The number of nitrogens with one attached hydrogen (secondary N) is 2. The molecule has 1 atom stereocenters. The Morgan fingerprint density at radius 1 is 1.67 bits per heavy atom. The van der Waals surface area contributed by atoms with Crippen molar-refractivity contribution in [3.05, 3.63) is 5.82 Å². The van der Waals surface area contributed by atoms with Crippen molar-refractivity contribution in [2.24, 2.45) is 0 Å². The van der Waals surface area contributed by atoms with Gasteiger partial charge in [-0.1, -0.05) is 6.92 Å². The van der Waals surface area contributed by atoms with E-state index in [9.17, 15) is 4.79 Å². The van der Waals surface area contributed by atoms with Gasteiger partial charge < -0.3 is 10.4 Å². The quantitative estimate of drug-likeness (QED) is 0.610. The molecule has 0 spiro atoms. The van der Waals surface area contributed by atoms with E-state index in [1.807, 2.05) is 13.8 Å². The molecule has 0 radical (unpaired) electrons. The molecule has 0 bridgehead atoms. The molecule has 0 saturated carbocycles. The highest BCUT2D eigenvalue weighted by atomic mass is 16.3. The number of hydrogen-bond acceptors (Lipinski definition) is 5. The first-order valence-corrected chi connectivity index (χ1v) is 4.78. The number of H-pyrrole nitrogens is 1. The van der Waals surface area contributed by atoms with Crippen LogP contribution >= 0.6 is 0 Å². The van der Waals surface area contributed by atoms with Gasteiger partial charge in [0.1, 0.15) is 0 Å². The summed E-state index contributed by atoms with van der Waals surface area (Å²) in [7, 11) is 0. The third-order valence-electron chi connectivity index (χ3n) is 2.41. The van der Waals surface area contributed by atoms with Crippen molar-refractivity contribution in [1.82, 2.24) is 25.9 Å². The Hall–Kier alpha value is -1.50. The lowest BCUT2D eigenvalue weighted by Gasteiger charge is -2.28. The SMILES string of the molecule is CCC(C)(CCO)NC(=O)c1nn[nH]n1. The molecule has 0 fully saturated rings. The maximum Gasteiger partial charge on any atom is 0.293 e. The van der Waals surface area contributed by atoms with Gasteiger partial charge in [0.15, 0.2) is 0 Å². The first-order chi connectivity index (χ1) is 7.11. The summed E-state index contributed by atoms with van der Waals surface area (Å²) in [5.41, 5.74) is -0.438. The Morgan fingerprint density at radius 2 is 2.40 bits per heavy atom. The molecule has 1 aromatic heterocycles. The van der Waals surface area contributed by atoms with Gasteiger partial charge in [-0.2, -0.15) is 5.21 Å². The number of aliphatic hydroxyl groups is 1. The molecule has 1 unspecified atom stereocenters. The molecule has 7 nitrogen and oxygen atoms in total. The van der Waals surface area contributed by atoms with Gasteiger partial charge in [0, 0.05) is 12.1 Å². The van der Waals surface area contributed by atoms with E-state index in [1.54, 1.807) is 0 Å². The minimum atomic E-state index is -0.438. The second-order valence-electron chi connectivity index (χ2n) is 3.58. The minimum absolute atomic E-state index is 0.00705. The molecule has 1 aromatic rings. The molecule has 84 valence electrons. The molecule has 0 aliphatic heterocycles. The number of aromatic nitrogens is 4. The van der Waals surface area contributed by atoms with Crippen LogP contribution in [0.5, 0.6) is 0 Å². The van der Waals surface area contributed by atoms with Crippen LogP contribution in [0.3, 0.4) is 0 Å². The third kappa shape index (κ3) is 2.98. The van der Waals surface area contributed by atoms with E-state index in [0.717, 1.165) is 6.42 Å². The molecule has 15 heavy (non-hydrogen) atoms. The van der Waals surface area contributed by atoms with Crippen LogP contribution in [0.2, 0.25) is 0 Å². The van der Waals surface area contributed by atoms with E-state index in [1.165, 1.54) is 0 Å². The molecule has 1 rings (SSSR count). The summed E-state index contributed by atoms with van der Waals surface area (Å²) >= 11 is 0. The number of rotatable bonds is 5. The molecule has 0 aliphatic carbocycles. The predicted octanol–water partition coefficient (Wildman–Crippen LogP) is -0.519. The zero-order valence-corrected chi connectivity index (χ0v) is 8.82. The van der Waals surface area contributed by atoms with E-state index in [4.69, 9.17) is 5.11 Å². The first kappa shape index (κ1) is 11.6. The fourth-order valence-corrected chi connectivity index (χ4v) is 1.16. The van der Waals surface area contributed by atoms with Gasteiger partial charge in [0.05, 0.1) is 0 Å². The highest BCUT2D eigenvalue weighted by Crippen LogP contribution is 2.13. The highest BCUT2D eigenvalue weighted by Gasteiger charge is 2.25. The van der Waals surface area contributed by atoms with Gasteiger partial charge in [0.2, 0.25) is 0 Å². The summed E-state index contributed by atoms with van der Waals surface area (Å²) in [5, 5.41) is 24.3. The number of aliphatic hydroxyl groups excluding tert-OH is 1. The van der Waals surface area contributed by atoms with Crippen molar-refractivity contribution in [3.8, 4) is 0 Å². The average molecular weight is 213 g/mol. The maximum atomic E-state index is 11.6. The smallest absolute Gasteiger partial charge is 0.293 e. The van der Waals surface area contributed by atoms with E-state index < -0.39 is 5.54 Å². The molecule has 1 amide bonds. The van der Waals surface area contributed by atoms with Gasteiger partial charge in [0.25, 0.3) is 11.7 Å². The van der Waals surface area contributed by atoms with E-state index in [-0.39, 0.29) is 18.3 Å². The van der Waals surface area contributed by atoms with Gasteiger partial charge in [-0.15, -0.1) is 10.2 Å². The minimum Gasteiger partial charge on any atom is -0.396 e. The number of aromatic amines is 1. The first-order valence-electron chi connectivity index (χ1n) is 4.78. The summed E-state index contributed by atoms with van der Waals surface area (Å²) in [6.45, 7) is 3.82. The number of tetrazole rings is 1. The summed E-state index contributed by atoms with van der Waals surface area (Å²) in [6.07, 6.45) is 1.21. The number of amides is 1. The molecule has 0 saturated heterocycles.